The van der Waals surface area contributed by atoms with Gasteiger partial charge in [-0.1, -0.05) is 0 Å². The number of rotatable bonds is 5. The van der Waals surface area contributed by atoms with Crippen LogP contribution in [0.4, 0.5) is 11.4 Å². The van der Waals surface area contributed by atoms with Crippen LogP contribution in [0.1, 0.15) is 23.2 Å². The zero-order valence-corrected chi connectivity index (χ0v) is 11.9. The van der Waals surface area contributed by atoms with E-state index in [1.165, 1.54) is 18.2 Å². The second-order valence-corrected chi connectivity index (χ2v) is 5.44. The number of anilines is 1. The molecule has 114 valence electrons. The Hall–Kier alpha value is -2.15. The average molecular weight is 293 g/mol. The molecule has 7 heteroatoms. The topological polar surface area (TPSA) is 95.7 Å². The van der Waals surface area contributed by atoms with E-state index in [1.54, 1.807) is 0 Å². The number of benzene rings is 1. The van der Waals surface area contributed by atoms with E-state index < -0.39 is 10.9 Å². The molecule has 1 aromatic rings. The van der Waals surface area contributed by atoms with Gasteiger partial charge in [-0.05, 0) is 38.4 Å². The molecule has 0 aliphatic carbocycles. The first-order valence-corrected chi connectivity index (χ1v) is 6.91. The van der Waals surface area contributed by atoms with E-state index in [9.17, 15) is 14.9 Å². The van der Waals surface area contributed by atoms with Gasteiger partial charge in [0.05, 0.1) is 16.2 Å². The number of nitro groups is 1. The van der Waals surface area contributed by atoms with Gasteiger partial charge in [0.1, 0.15) is 0 Å². The molecule has 0 amide bonds. The molecule has 0 saturated carbocycles. The lowest BCUT2D eigenvalue weighted by Gasteiger charge is -2.30. The van der Waals surface area contributed by atoms with Crippen molar-refractivity contribution < 1.29 is 14.8 Å². The minimum absolute atomic E-state index is 0.0600. The van der Waals surface area contributed by atoms with Crippen molar-refractivity contribution in [1.29, 1.82) is 0 Å². The second-order valence-electron chi connectivity index (χ2n) is 5.44. The van der Waals surface area contributed by atoms with E-state index in [2.05, 4.69) is 17.3 Å². The van der Waals surface area contributed by atoms with Crippen molar-refractivity contribution in [1.82, 2.24) is 4.90 Å². The van der Waals surface area contributed by atoms with Gasteiger partial charge in [-0.15, -0.1) is 0 Å². The number of nitro benzene ring substituents is 1. The Morgan fingerprint density at radius 3 is 2.95 bits per heavy atom. The molecule has 1 heterocycles. The Morgan fingerprint density at radius 1 is 1.57 bits per heavy atom. The van der Waals surface area contributed by atoms with Gasteiger partial charge in [0.15, 0.2) is 0 Å². The zero-order valence-electron chi connectivity index (χ0n) is 11.9. The van der Waals surface area contributed by atoms with Crippen LogP contribution in [0.2, 0.25) is 0 Å². The van der Waals surface area contributed by atoms with Gasteiger partial charge in [-0.2, -0.15) is 0 Å². The van der Waals surface area contributed by atoms with Crippen LogP contribution in [-0.2, 0) is 0 Å². The number of aromatic carboxylic acids is 1. The summed E-state index contributed by atoms with van der Waals surface area (Å²) in [6.45, 7) is 2.64. The first-order valence-electron chi connectivity index (χ1n) is 6.91. The van der Waals surface area contributed by atoms with E-state index in [4.69, 9.17) is 5.11 Å². The molecule has 0 spiro atoms. The number of piperidine rings is 1. The Kier molecular flexibility index (Phi) is 4.74. The maximum Gasteiger partial charge on any atom is 0.337 e. The monoisotopic (exact) mass is 293 g/mol. The summed E-state index contributed by atoms with van der Waals surface area (Å²) in [4.78, 5) is 23.7. The smallest absolute Gasteiger partial charge is 0.337 e. The standard InChI is InChI=1S/C14H19N3O4/c1-16-6-2-3-10(9-16)8-15-13-7-11(17(20)21)4-5-12(13)14(18)19/h4-5,7,10,15H,2-3,6,8-9H2,1H3,(H,18,19). The van der Waals surface area contributed by atoms with Crippen molar-refractivity contribution >= 4 is 17.3 Å². The third-order valence-electron chi connectivity index (χ3n) is 3.75. The molecule has 0 bridgehead atoms. The highest BCUT2D eigenvalue weighted by Crippen LogP contribution is 2.24. The highest BCUT2D eigenvalue weighted by atomic mass is 16.6. The van der Waals surface area contributed by atoms with Crippen molar-refractivity contribution in [2.45, 2.75) is 12.8 Å². The van der Waals surface area contributed by atoms with Gasteiger partial charge < -0.3 is 15.3 Å². The molecule has 0 aromatic heterocycles. The number of hydrogen-bond acceptors (Lipinski definition) is 5. The third-order valence-corrected chi connectivity index (χ3v) is 3.75. The quantitative estimate of drug-likeness (QED) is 0.637. The van der Waals surface area contributed by atoms with Crippen LogP contribution >= 0.6 is 0 Å². The van der Waals surface area contributed by atoms with Gasteiger partial charge in [0, 0.05) is 25.2 Å². The van der Waals surface area contributed by atoms with Crippen molar-refractivity contribution in [3.8, 4) is 0 Å². The summed E-state index contributed by atoms with van der Waals surface area (Å²) in [7, 11) is 2.06. The molecular formula is C14H19N3O4. The molecule has 1 aliphatic rings. The fourth-order valence-corrected chi connectivity index (χ4v) is 2.67. The molecule has 1 fully saturated rings. The van der Waals surface area contributed by atoms with Crippen molar-refractivity contribution in [3.05, 3.63) is 33.9 Å². The molecule has 1 aliphatic heterocycles. The number of nitrogens with zero attached hydrogens (tertiary/aromatic N) is 2. The first-order chi connectivity index (χ1) is 9.97. The number of non-ortho nitro benzene ring substituents is 1. The highest BCUT2D eigenvalue weighted by Gasteiger charge is 2.19. The van der Waals surface area contributed by atoms with E-state index in [0.717, 1.165) is 25.9 Å². The van der Waals surface area contributed by atoms with Gasteiger partial charge in [-0.25, -0.2) is 4.79 Å². The van der Waals surface area contributed by atoms with Crippen LogP contribution in [-0.4, -0.2) is 47.6 Å². The van der Waals surface area contributed by atoms with E-state index in [1.807, 2.05) is 0 Å². The predicted octanol–water partition coefficient (Wildman–Crippen LogP) is 2.05. The van der Waals surface area contributed by atoms with Gasteiger partial charge in [0.2, 0.25) is 0 Å². The Balaban J connectivity index is 2.11. The molecular weight excluding hydrogens is 274 g/mol. The maximum absolute atomic E-state index is 11.2. The number of carbonyl (C=O) groups is 1. The number of hydrogen-bond donors (Lipinski definition) is 2. The second kappa shape index (κ2) is 6.53. The van der Waals surface area contributed by atoms with Crippen LogP contribution in [0.25, 0.3) is 0 Å². The summed E-state index contributed by atoms with van der Waals surface area (Å²) in [5, 5.41) is 23.0. The van der Waals surface area contributed by atoms with Gasteiger partial charge in [0.25, 0.3) is 5.69 Å². The SMILES string of the molecule is CN1CCCC(CNc2cc([N+](=O)[O-])ccc2C(=O)O)C1. The molecule has 0 radical (unpaired) electrons. The summed E-state index contributed by atoms with van der Waals surface area (Å²) in [5.74, 6) is -0.669. The van der Waals surface area contributed by atoms with Crippen LogP contribution in [0.15, 0.2) is 18.2 Å². The molecule has 2 rings (SSSR count). The van der Waals surface area contributed by atoms with Crippen LogP contribution in [0.3, 0.4) is 0 Å². The zero-order chi connectivity index (χ0) is 15.4. The average Bonchev–Trinajstić information content (AvgIpc) is 2.44. The Labute approximate surface area is 122 Å². The van der Waals surface area contributed by atoms with E-state index in [-0.39, 0.29) is 11.3 Å². The highest BCUT2D eigenvalue weighted by molar-refractivity contribution is 5.94. The largest absolute Gasteiger partial charge is 0.478 e. The number of likely N-dealkylation sites (tertiary alicyclic amines) is 1. The maximum atomic E-state index is 11.2. The first kappa shape index (κ1) is 15.2. The predicted molar refractivity (Wildman–Crippen MR) is 78.8 cm³/mol. The van der Waals surface area contributed by atoms with Crippen molar-refractivity contribution in [2.24, 2.45) is 5.92 Å². The molecule has 7 nitrogen and oxygen atoms in total. The minimum atomic E-state index is -1.09. The normalized spacial score (nSPS) is 19.2. The van der Waals surface area contributed by atoms with Gasteiger partial charge >= 0.3 is 5.97 Å². The summed E-state index contributed by atoms with van der Waals surface area (Å²) in [6.07, 6.45) is 2.19. The van der Waals surface area contributed by atoms with Crippen LogP contribution in [0.5, 0.6) is 0 Å². The lowest BCUT2D eigenvalue weighted by molar-refractivity contribution is -0.384. The van der Waals surface area contributed by atoms with E-state index >= 15 is 0 Å². The number of carboxylic acids is 1. The molecule has 1 atom stereocenters. The van der Waals surface area contributed by atoms with Crippen molar-refractivity contribution in [2.75, 3.05) is 32.0 Å². The molecule has 1 unspecified atom stereocenters. The third kappa shape index (κ3) is 3.91. The van der Waals surface area contributed by atoms with Crippen molar-refractivity contribution in [3.63, 3.8) is 0 Å². The fourth-order valence-electron chi connectivity index (χ4n) is 2.67. The van der Waals surface area contributed by atoms with Crippen LogP contribution < -0.4 is 5.32 Å². The summed E-state index contributed by atoms with van der Waals surface area (Å²) in [6, 6.07) is 3.77. The number of carboxylic acid groups (broad SMARTS) is 1. The molecule has 1 saturated heterocycles. The molecule has 21 heavy (non-hydrogen) atoms. The van der Waals surface area contributed by atoms with Gasteiger partial charge in [-0.3, -0.25) is 10.1 Å². The lowest BCUT2D eigenvalue weighted by atomic mass is 9.98. The summed E-state index contributed by atoms with van der Waals surface area (Å²) >= 11 is 0. The van der Waals surface area contributed by atoms with E-state index in [0.29, 0.717) is 18.2 Å². The minimum Gasteiger partial charge on any atom is -0.478 e. The Bertz CT molecular complexity index is 547. The lowest BCUT2D eigenvalue weighted by Crippen LogP contribution is -2.35. The molecule has 2 N–H and O–H groups in total. The molecule has 1 aromatic carbocycles. The number of nitrogens with one attached hydrogen (secondary N) is 1. The summed E-state index contributed by atoms with van der Waals surface area (Å²) in [5.41, 5.74) is 0.262. The fraction of sp³-hybridized carbons (Fsp3) is 0.500. The summed E-state index contributed by atoms with van der Waals surface area (Å²) < 4.78 is 0. The van der Waals surface area contributed by atoms with Crippen LogP contribution in [0, 0.1) is 16.0 Å². The Morgan fingerprint density at radius 2 is 2.33 bits per heavy atom.